The summed E-state index contributed by atoms with van der Waals surface area (Å²) in [5, 5.41) is 0. The highest BCUT2D eigenvalue weighted by Gasteiger charge is 2.22. The molecule has 0 N–H and O–H groups in total. The van der Waals surface area contributed by atoms with Gasteiger partial charge in [-0.25, -0.2) is 4.98 Å². The van der Waals surface area contributed by atoms with Crippen molar-refractivity contribution >= 4 is 11.6 Å². The van der Waals surface area contributed by atoms with Crippen molar-refractivity contribution in [2.45, 2.75) is 12.8 Å². The molecule has 3 aliphatic heterocycles. The van der Waals surface area contributed by atoms with Gasteiger partial charge in [0.1, 0.15) is 5.70 Å². The molecule has 92 valence electrons. The van der Waals surface area contributed by atoms with E-state index in [2.05, 4.69) is 16.5 Å². The first-order chi connectivity index (χ1) is 8.77. The third-order valence-corrected chi connectivity index (χ3v) is 3.29. The number of rotatable bonds is 2. The molecule has 1 amide bonds. The molecule has 0 spiro atoms. The van der Waals surface area contributed by atoms with Gasteiger partial charge in [0.15, 0.2) is 0 Å². The van der Waals surface area contributed by atoms with Crippen molar-refractivity contribution in [1.29, 1.82) is 0 Å². The van der Waals surface area contributed by atoms with Gasteiger partial charge in [-0.2, -0.15) is 0 Å². The minimum absolute atomic E-state index is 0.0204. The monoisotopic (exact) mass is 242 g/mol. The maximum absolute atomic E-state index is 12.3. The predicted molar refractivity (Wildman–Crippen MR) is 67.8 cm³/mol. The van der Waals surface area contributed by atoms with E-state index >= 15 is 0 Å². The van der Waals surface area contributed by atoms with Crippen LogP contribution in [0.2, 0.25) is 0 Å². The van der Waals surface area contributed by atoms with E-state index in [0.29, 0.717) is 5.70 Å². The van der Waals surface area contributed by atoms with E-state index in [1.54, 1.807) is 29.5 Å². The van der Waals surface area contributed by atoms with Crippen LogP contribution in [0.3, 0.4) is 0 Å². The zero-order valence-electron chi connectivity index (χ0n) is 10.0. The van der Waals surface area contributed by atoms with E-state index in [9.17, 15) is 4.79 Å². The lowest BCUT2D eigenvalue weighted by atomic mass is 10.2. The third kappa shape index (κ3) is 1.68. The average molecular weight is 242 g/mol. The molecule has 0 atom stereocenters. The van der Waals surface area contributed by atoms with Crippen molar-refractivity contribution in [3.05, 3.63) is 31.5 Å². The first-order valence-corrected chi connectivity index (χ1v) is 6.02. The second-order valence-electron chi connectivity index (χ2n) is 4.46. The van der Waals surface area contributed by atoms with Crippen molar-refractivity contribution < 1.29 is 4.79 Å². The number of amides is 1. The lowest BCUT2D eigenvalue weighted by Gasteiger charge is -2.19. The fourth-order valence-corrected chi connectivity index (χ4v) is 2.29. The summed E-state index contributed by atoms with van der Waals surface area (Å²) >= 11 is 0. The van der Waals surface area contributed by atoms with Crippen LogP contribution in [0.5, 0.6) is 0 Å². The summed E-state index contributed by atoms with van der Waals surface area (Å²) < 4.78 is 1.71. The minimum atomic E-state index is -0.0204. The lowest BCUT2D eigenvalue weighted by Crippen LogP contribution is -2.30. The molecule has 5 nitrogen and oxygen atoms in total. The van der Waals surface area contributed by atoms with Gasteiger partial charge in [-0.1, -0.05) is 6.58 Å². The van der Waals surface area contributed by atoms with Gasteiger partial charge in [0.2, 0.25) is 0 Å². The van der Waals surface area contributed by atoms with Gasteiger partial charge in [0.05, 0.1) is 18.2 Å². The summed E-state index contributed by atoms with van der Waals surface area (Å²) in [6.07, 6.45) is 8.94. The zero-order chi connectivity index (χ0) is 12.5. The summed E-state index contributed by atoms with van der Waals surface area (Å²) in [6.45, 7) is 5.54. The number of fused-ring (bicyclic) bond motifs is 1. The number of carbonyl (C=O) groups excluding carboxylic acids is 1. The second-order valence-corrected chi connectivity index (χ2v) is 4.46. The van der Waals surface area contributed by atoms with Crippen LogP contribution >= 0.6 is 0 Å². The van der Waals surface area contributed by atoms with Crippen molar-refractivity contribution in [3.8, 4) is 11.3 Å². The van der Waals surface area contributed by atoms with E-state index in [1.807, 2.05) is 4.90 Å². The second kappa shape index (κ2) is 4.25. The van der Waals surface area contributed by atoms with Crippen LogP contribution in [0.1, 0.15) is 12.8 Å². The Kier molecular flexibility index (Phi) is 2.59. The first-order valence-electron chi connectivity index (χ1n) is 6.02. The van der Waals surface area contributed by atoms with Gasteiger partial charge >= 0.3 is 0 Å². The number of nitrogens with zero attached hydrogens (tertiary/aromatic N) is 4. The van der Waals surface area contributed by atoms with E-state index in [-0.39, 0.29) is 5.91 Å². The fourth-order valence-electron chi connectivity index (χ4n) is 2.29. The Bertz CT molecular complexity index is 568. The van der Waals surface area contributed by atoms with Crippen LogP contribution in [0.15, 0.2) is 31.5 Å². The summed E-state index contributed by atoms with van der Waals surface area (Å²) in [5.74, 6) is -0.0204. The first kappa shape index (κ1) is 11.0. The fraction of sp³-hybridized carbons (Fsp3) is 0.308. The Labute approximate surface area is 105 Å². The lowest BCUT2D eigenvalue weighted by molar-refractivity contribution is -0.124. The van der Waals surface area contributed by atoms with Crippen molar-refractivity contribution in [1.82, 2.24) is 19.4 Å². The van der Waals surface area contributed by atoms with Gasteiger partial charge in [-0.05, 0) is 12.8 Å². The van der Waals surface area contributed by atoms with Gasteiger partial charge in [-0.15, -0.1) is 0 Å². The molecular weight excluding hydrogens is 228 g/mol. The molecule has 18 heavy (non-hydrogen) atoms. The molecule has 0 aromatic heterocycles. The summed E-state index contributed by atoms with van der Waals surface area (Å²) in [5.41, 5.74) is 2.21. The molecule has 1 saturated heterocycles. The largest absolute Gasteiger partial charge is 0.337 e. The Hall–Kier alpha value is -2.17. The topological polar surface area (TPSA) is 51.0 Å². The minimum Gasteiger partial charge on any atom is -0.337 e. The summed E-state index contributed by atoms with van der Waals surface area (Å²) in [4.78, 5) is 22.3. The zero-order valence-corrected chi connectivity index (χ0v) is 10.0. The van der Waals surface area contributed by atoms with Crippen molar-refractivity contribution in [2.24, 2.45) is 0 Å². The molecule has 3 aliphatic rings. The molecule has 0 aromatic rings. The molecule has 0 unspecified atom stereocenters. The highest BCUT2D eigenvalue weighted by molar-refractivity contribution is 6.13. The van der Waals surface area contributed by atoms with Crippen LogP contribution in [0.25, 0.3) is 17.0 Å². The van der Waals surface area contributed by atoms with Gasteiger partial charge in [-0.3, -0.25) is 14.3 Å². The number of hydrogen-bond donors (Lipinski definition) is 0. The Balaban J connectivity index is 1.92. The van der Waals surface area contributed by atoms with Crippen LogP contribution < -0.4 is 0 Å². The van der Waals surface area contributed by atoms with E-state index in [1.165, 1.54) is 0 Å². The normalized spacial score (nSPS) is 15.2. The maximum atomic E-state index is 12.3. The SMILES string of the molecule is C=C(C(=O)N1CCCC1)n1cncc2cncc1-2. The number of carbonyl (C=O) groups is 1. The highest BCUT2D eigenvalue weighted by atomic mass is 16.2. The van der Waals surface area contributed by atoms with Crippen LogP contribution in [-0.2, 0) is 4.79 Å². The molecule has 1 fully saturated rings. The van der Waals surface area contributed by atoms with Gasteiger partial charge < -0.3 is 4.90 Å². The third-order valence-electron chi connectivity index (χ3n) is 3.29. The van der Waals surface area contributed by atoms with Gasteiger partial charge in [0.25, 0.3) is 5.91 Å². The summed E-state index contributed by atoms with van der Waals surface area (Å²) in [6, 6.07) is 0. The Morgan fingerprint density at radius 2 is 1.89 bits per heavy atom. The smallest absolute Gasteiger partial charge is 0.270 e. The Morgan fingerprint density at radius 3 is 2.67 bits per heavy atom. The van der Waals surface area contributed by atoms with Crippen molar-refractivity contribution in [2.75, 3.05) is 13.1 Å². The quantitative estimate of drug-likeness (QED) is 0.749. The van der Waals surface area contributed by atoms with Gasteiger partial charge in [0, 0.05) is 31.0 Å². The molecule has 0 saturated carbocycles. The highest BCUT2D eigenvalue weighted by Crippen LogP contribution is 2.23. The molecule has 0 radical (unpaired) electrons. The molecule has 3 rings (SSSR count). The molecule has 0 bridgehead atoms. The van der Waals surface area contributed by atoms with E-state index in [0.717, 1.165) is 37.2 Å². The van der Waals surface area contributed by atoms with Crippen molar-refractivity contribution in [3.63, 3.8) is 0 Å². The number of aromatic nitrogens is 3. The molecule has 5 heteroatoms. The molecule has 3 heterocycles. The van der Waals surface area contributed by atoms with Crippen LogP contribution in [-0.4, -0.2) is 38.4 Å². The maximum Gasteiger partial charge on any atom is 0.270 e. The standard InChI is InChI=1S/C13H14N4O/c1-10(13(18)16-4-2-3-5-16)17-9-15-7-11-6-14-8-12(11)17/h6-9H,1-5H2. The molecular formula is C13H14N4O. The Morgan fingerprint density at radius 1 is 1.17 bits per heavy atom. The summed E-state index contributed by atoms with van der Waals surface area (Å²) in [7, 11) is 0. The van der Waals surface area contributed by atoms with Crippen LogP contribution in [0, 0.1) is 0 Å². The van der Waals surface area contributed by atoms with E-state index < -0.39 is 0 Å². The predicted octanol–water partition coefficient (Wildman–Crippen LogP) is 1.48. The molecule has 0 aromatic carbocycles. The van der Waals surface area contributed by atoms with E-state index in [4.69, 9.17) is 0 Å². The molecule has 0 aliphatic carbocycles. The average Bonchev–Trinajstić information content (AvgIpc) is 3.06. The number of hydrogen-bond acceptors (Lipinski definition) is 3. The van der Waals surface area contributed by atoms with Crippen LogP contribution in [0.4, 0.5) is 0 Å². The number of likely N-dealkylation sites (tertiary alicyclic amines) is 1.